The minimum atomic E-state index is -4.22. The van der Waals surface area contributed by atoms with Crippen LogP contribution in [0.2, 0.25) is 0 Å². The van der Waals surface area contributed by atoms with Gasteiger partial charge in [-0.2, -0.15) is 4.31 Å². The molecular weight excluding hydrogens is 327 g/mol. The van der Waals surface area contributed by atoms with E-state index in [1.54, 1.807) is 13.8 Å². The molecule has 0 atom stereocenters. The van der Waals surface area contributed by atoms with E-state index >= 15 is 0 Å². The molecule has 1 amide bonds. The molecule has 23 heavy (non-hydrogen) atoms. The number of likely N-dealkylation sites (N-methyl/N-ethyl adjacent to an activating group) is 1. The van der Waals surface area contributed by atoms with Gasteiger partial charge in [-0.15, -0.1) is 0 Å². The molecular formula is C14H19FN2O5S. The van der Waals surface area contributed by atoms with Crippen LogP contribution in [0.25, 0.3) is 0 Å². The number of aromatic carboxylic acids is 1. The standard InChI is InChI=1S/C14H19FN2O5S/c1-9(2)17(8-13(18)16(3)4)23(21,22)12-6-10(14(19)20)5-11(15)7-12/h5-7,9H,8H2,1-4H3,(H,19,20). The number of nitrogens with zero attached hydrogens (tertiary/aromatic N) is 2. The van der Waals surface area contributed by atoms with E-state index in [0.29, 0.717) is 0 Å². The average Bonchev–Trinajstić information content (AvgIpc) is 2.42. The van der Waals surface area contributed by atoms with Crippen LogP contribution in [0.3, 0.4) is 0 Å². The summed E-state index contributed by atoms with van der Waals surface area (Å²) in [5, 5.41) is 8.93. The van der Waals surface area contributed by atoms with Gasteiger partial charge in [-0.1, -0.05) is 0 Å². The van der Waals surface area contributed by atoms with E-state index < -0.39 is 50.8 Å². The molecule has 9 heteroatoms. The number of carbonyl (C=O) groups excluding carboxylic acids is 1. The molecule has 0 spiro atoms. The third kappa shape index (κ3) is 4.49. The van der Waals surface area contributed by atoms with Crippen LogP contribution in [0.15, 0.2) is 23.1 Å². The zero-order valence-corrected chi connectivity index (χ0v) is 14.1. The maximum absolute atomic E-state index is 13.6. The molecule has 1 aromatic rings. The molecule has 0 saturated heterocycles. The van der Waals surface area contributed by atoms with Crippen molar-refractivity contribution in [3.8, 4) is 0 Å². The van der Waals surface area contributed by atoms with Gasteiger partial charge in [0.05, 0.1) is 17.0 Å². The number of hydrogen-bond donors (Lipinski definition) is 1. The van der Waals surface area contributed by atoms with E-state index in [0.717, 1.165) is 22.5 Å². The van der Waals surface area contributed by atoms with Gasteiger partial charge in [-0.3, -0.25) is 4.79 Å². The van der Waals surface area contributed by atoms with Crippen LogP contribution in [-0.2, 0) is 14.8 Å². The summed E-state index contributed by atoms with van der Waals surface area (Å²) < 4.78 is 39.8. The lowest BCUT2D eigenvalue weighted by molar-refractivity contribution is -0.129. The Bertz CT molecular complexity index is 716. The van der Waals surface area contributed by atoms with Crippen LogP contribution in [0.5, 0.6) is 0 Å². The van der Waals surface area contributed by atoms with Crippen LogP contribution < -0.4 is 0 Å². The fourth-order valence-electron chi connectivity index (χ4n) is 1.79. The number of halogens is 1. The molecule has 0 heterocycles. The topological polar surface area (TPSA) is 95.0 Å². The van der Waals surface area contributed by atoms with Crippen LogP contribution in [0.4, 0.5) is 4.39 Å². The summed E-state index contributed by atoms with van der Waals surface area (Å²) >= 11 is 0. The first kappa shape index (κ1) is 19.0. The molecule has 128 valence electrons. The van der Waals surface area contributed by atoms with Crippen molar-refractivity contribution in [2.24, 2.45) is 0 Å². The maximum Gasteiger partial charge on any atom is 0.335 e. The maximum atomic E-state index is 13.6. The second-order valence-corrected chi connectivity index (χ2v) is 7.30. The highest BCUT2D eigenvalue weighted by atomic mass is 32.2. The first-order valence-corrected chi connectivity index (χ1v) is 8.16. The van der Waals surface area contributed by atoms with Crippen molar-refractivity contribution in [1.82, 2.24) is 9.21 Å². The van der Waals surface area contributed by atoms with E-state index in [1.165, 1.54) is 19.0 Å². The first-order chi connectivity index (χ1) is 10.5. The predicted molar refractivity (Wildman–Crippen MR) is 81.1 cm³/mol. The van der Waals surface area contributed by atoms with Gasteiger partial charge in [-0.25, -0.2) is 17.6 Å². The Labute approximate surface area is 134 Å². The van der Waals surface area contributed by atoms with Crippen molar-refractivity contribution in [3.05, 3.63) is 29.6 Å². The molecule has 1 aromatic carbocycles. The largest absolute Gasteiger partial charge is 0.478 e. The number of rotatable bonds is 6. The van der Waals surface area contributed by atoms with Crippen molar-refractivity contribution in [3.63, 3.8) is 0 Å². The zero-order valence-electron chi connectivity index (χ0n) is 13.3. The lowest BCUT2D eigenvalue weighted by Crippen LogP contribution is -2.44. The van der Waals surface area contributed by atoms with E-state index in [1.807, 2.05) is 0 Å². The number of carbonyl (C=O) groups is 2. The normalized spacial score (nSPS) is 11.8. The van der Waals surface area contributed by atoms with Crippen LogP contribution >= 0.6 is 0 Å². The number of carboxylic acids is 1. The Morgan fingerprint density at radius 1 is 1.22 bits per heavy atom. The third-order valence-corrected chi connectivity index (χ3v) is 5.09. The molecule has 0 aromatic heterocycles. The van der Waals surface area contributed by atoms with E-state index in [2.05, 4.69) is 0 Å². The molecule has 0 aliphatic rings. The van der Waals surface area contributed by atoms with Crippen molar-refractivity contribution < 1.29 is 27.5 Å². The molecule has 0 unspecified atom stereocenters. The summed E-state index contributed by atoms with van der Waals surface area (Å²) in [6, 6.07) is 1.76. The molecule has 0 saturated carbocycles. The van der Waals surface area contributed by atoms with E-state index in [-0.39, 0.29) is 0 Å². The Balaban J connectivity index is 3.36. The molecule has 1 N–H and O–H groups in total. The lowest BCUT2D eigenvalue weighted by Gasteiger charge is -2.26. The summed E-state index contributed by atoms with van der Waals surface area (Å²) in [5.74, 6) is -2.87. The Morgan fingerprint density at radius 2 is 1.78 bits per heavy atom. The summed E-state index contributed by atoms with van der Waals surface area (Å²) in [6.45, 7) is 2.71. The summed E-state index contributed by atoms with van der Waals surface area (Å²) in [6.07, 6.45) is 0. The van der Waals surface area contributed by atoms with E-state index in [9.17, 15) is 22.4 Å². The van der Waals surface area contributed by atoms with Gasteiger partial charge in [0.2, 0.25) is 15.9 Å². The number of benzene rings is 1. The summed E-state index contributed by atoms with van der Waals surface area (Å²) in [5.41, 5.74) is -0.480. The SMILES string of the molecule is CC(C)N(CC(=O)N(C)C)S(=O)(=O)c1cc(F)cc(C(=O)O)c1. The van der Waals surface area contributed by atoms with Gasteiger partial charge < -0.3 is 10.0 Å². The van der Waals surface area contributed by atoms with Crippen LogP contribution in [0, 0.1) is 5.82 Å². The number of carboxylic acid groups (broad SMARTS) is 1. The minimum absolute atomic E-state index is 0.425. The van der Waals surface area contributed by atoms with Gasteiger partial charge in [0.1, 0.15) is 5.82 Å². The number of sulfonamides is 1. The smallest absolute Gasteiger partial charge is 0.335 e. The molecule has 0 aliphatic heterocycles. The van der Waals surface area contributed by atoms with Gasteiger partial charge in [0, 0.05) is 20.1 Å². The van der Waals surface area contributed by atoms with Gasteiger partial charge in [0.15, 0.2) is 0 Å². The summed E-state index contributed by atoms with van der Waals surface area (Å²) in [7, 11) is -1.26. The Morgan fingerprint density at radius 3 is 2.22 bits per heavy atom. The minimum Gasteiger partial charge on any atom is -0.478 e. The highest BCUT2D eigenvalue weighted by molar-refractivity contribution is 7.89. The van der Waals surface area contributed by atoms with Crippen LogP contribution in [-0.4, -0.2) is 61.3 Å². The molecule has 0 aliphatic carbocycles. The first-order valence-electron chi connectivity index (χ1n) is 6.72. The zero-order chi connectivity index (χ0) is 17.9. The monoisotopic (exact) mass is 346 g/mol. The number of amides is 1. The molecule has 0 bridgehead atoms. The quantitative estimate of drug-likeness (QED) is 0.829. The average molecular weight is 346 g/mol. The molecule has 7 nitrogen and oxygen atoms in total. The van der Waals surface area contributed by atoms with Gasteiger partial charge >= 0.3 is 5.97 Å². The second kappa shape index (κ2) is 7.05. The fraction of sp³-hybridized carbons (Fsp3) is 0.429. The summed E-state index contributed by atoms with van der Waals surface area (Å²) in [4.78, 5) is 23.5. The molecule has 0 radical (unpaired) electrons. The van der Waals surface area contributed by atoms with Crippen molar-refractivity contribution in [2.45, 2.75) is 24.8 Å². The Hall–Kier alpha value is -2.00. The molecule has 1 rings (SSSR count). The van der Waals surface area contributed by atoms with Gasteiger partial charge in [-0.05, 0) is 32.0 Å². The van der Waals surface area contributed by atoms with Crippen molar-refractivity contribution in [1.29, 1.82) is 0 Å². The Kier molecular flexibility index (Phi) is 5.84. The van der Waals surface area contributed by atoms with Crippen LogP contribution in [0.1, 0.15) is 24.2 Å². The van der Waals surface area contributed by atoms with Crippen molar-refractivity contribution in [2.75, 3.05) is 20.6 Å². The third-order valence-electron chi connectivity index (χ3n) is 3.09. The van der Waals surface area contributed by atoms with Crippen molar-refractivity contribution >= 4 is 21.9 Å². The molecule has 0 fully saturated rings. The number of hydrogen-bond acceptors (Lipinski definition) is 4. The highest BCUT2D eigenvalue weighted by Gasteiger charge is 2.30. The lowest BCUT2D eigenvalue weighted by atomic mass is 10.2. The van der Waals surface area contributed by atoms with E-state index in [4.69, 9.17) is 5.11 Å². The predicted octanol–water partition coefficient (Wildman–Crippen LogP) is 1.01. The highest BCUT2D eigenvalue weighted by Crippen LogP contribution is 2.21. The van der Waals surface area contributed by atoms with Gasteiger partial charge in [0.25, 0.3) is 0 Å². The fourth-order valence-corrected chi connectivity index (χ4v) is 3.43. The second-order valence-electron chi connectivity index (χ2n) is 5.41.